The van der Waals surface area contributed by atoms with Gasteiger partial charge in [0.15, 0.2) is 5.78 Å². The van der Waals surface area contributed by atoms with E-state index in [0.717, 1.165) is 63.7 Å². The van der Waals surface area contributed by atoms with Gasteiger partial charge in [-0.15, -0.1) is 0 Å². The third-order valence-electron chi connectivity index (χ3n) is 10.4. The van der Waals surface area contributed by atoms with Gasteiger partial charge in [-0.1, -0.05) is 38.0 Å². The summed E-state index contributed by atoms with van der Waals surface area (Å²) in [7, 11) is 0. The van der Waals surface area contributed by atoms with Gasteiger partial charge in [-0.3, -0.25) is 9.59 Å². The van der Waals surface area contributed by atoms with E-state index in [9.17, 15) is 9.59 Å². The lowest BCUT2D eigenvalue weighted by molar-refractivity contribution is -0.151. The number of hydrogen-bond acceptors (Lipinski definition) is 4. The Hall–Kier alpha value is -1.42. The van der Waals surface area contributed by atoms with Crippen molar-refractivity contribution in [2.24, 2.45) is 28.6 Å². The zero-order valence-electron chi connectivity index (χ0n) is 21.0. The normalized spacial score (nSPS) is 40.7. The van der Waals surface area contributed by atoms with Gasteiger partial charge in [0, 0.05) is 13.0 Å². The zero-order chi connectivity index (χ0) is 23.2. The number of rotatable bonds is 5. The van der Waals surface area contributed by atoms with Crippen LogP contribution in [0, 0.1) is 28.6 Å². The van der Waals surface area contributed by atoms with Gasteiger partial charge < -0.3 is 9.64 Å². The van der Waals surface area contributed by atoms with Crippen LogP contribution in [-0.4, -0.2) is 42.4 Å². The van der Waals surface area contributed by atoms with E-state index < -0.39 is 0 Å². The molecule has 182 valence electrons. The van der Waals surface area contributed by atoms with E-state index in [0.29, 0.717) is 24.2 Å². The number of fused-ring (bicyclic) bond motifs is 5. The van der Waals surface area contributed by atoms with Crippen molar-refractivity contribution in [2.45, 2.75) is 97.5 Å². The Morgan fingerprint density at radius 3 is 2.52 bits per heavy atom. The second-order valence-corrected chi connectivity index (χ2v) is 12.1. The summed E-state index contributed by atoms with van der Waals surface area (Å²) in [6.45, 7) is 9.71. The first-order chi connectivity index (χ1) is 15.8. The summed E-state index contributed by atoms with van der Waals surface area (Å²) in [6.07, 6.45) is 16.8. The summed E-state index contributed by atoms with van der Waals surface area (Å²) in [5.74, 6) is 2.25. The van der Waals surface area contributed by atoms with E-state index in [4.69, 9.17) is 4.74 Å². The van der Waals surface area contributed by atoms with Crippen LogP contribution in [0.1, 0.15) is 91.4 Å². The summed E-state index contributed by atoms with van der Waals surface area (Å²) < 4.78 is 5.99. The number of Topliss-reactive ketones (excluding diaryl/α,β-unsaturated/α-hetero) is 1. The van der Waals surface area contributed by atoms with Crippen molar-refractivity contribution in [3.63, 3.8) is 0 Å². The summed E-state index contributed by atoms with van der Waals surface area (Å²) >= 11 is 0. The largest absolute Gasteiger partial charge is 0.462 e. The molecule has 6 atom stereocenters. The van der Waals surface area contributed by atoms with Gasteiger partial charge in [-0.25, -0.2) is 0 Å². The SMILES string of the molecule is CC(=O)C1=CCC2C3CC=C4CC(OC(=O)CCN5CCCCC5)CC[C@]4(C)C3CC[C@]12C. The van der Waals surface area contributed by atoms with Crippen molar-refractivity contribution in [1.82, 2.24) is 4.90 Å². The number of esters is 1. The second-order valence-electron chi connectivity index (χ2n) is 12.1. The molecule has 0 amide bonds. The quantitative estimate of drug-likeness (QED) is 0.386. The molecule has 2 saturated carbocycles. The zero-order valence-corrected chi connectivity index (χ0v) is 21.0. The molecule has 5 rings (SSSR count). The molecule has 33 heavy (non-hydrogen) atoms. The Balaban J connectivity index is 1.21. The van der Waals surface area contributed by atoms with Gasteiger partial charge in [0.2, 0.25) is 0 Å². The molecule has 3 fully saturated rings. The van der Waals surface area contributed by atoms with Crippen molar-refractivity contribution >= 4 is 11.8 Å². The van der Waals surface area contributed by atoms with Gasteiger partial charge in [-0.2, -0.15) is 0 Å². The monoisotopic (exact) mass is 453 g/mol. The van der Waals surface area contributed by atoms with E-state index in [-0.39, 0.29) is 28.7 Å². The molecule has 4 aliphatic carbocycles. The Kier molecular flexibility index (Phi) is 6.35. The van der Waals surface area contributed by atoms with Crippen LogP contribution in [0.15, 0.2) is 23.3 Å². The minimum absolute atomic E-state index is 0.00862. The molecule has 4 nitrogen and oxygen atoms in total. The number of likely N-dealkylation sites (tertiary alicyclic amines) is 1. The van der Waals surface area contributed by atoms with Crippen LogP contribution in [0.4, 0.5) is 0 Å². The van der Waals surface area contributed by atoms with Crippen molar-refractivity contribution < 1.29 is 14.3 Å². The van der Waals surface area contributed by atoms with E-state index in [1.165, 1.54) is 25.7 Å². The molecule has 4 heteroatoms. The van der Waals surface area contributed by atoms with E-state index >= 15 is 0 Å². The number of nitrogens with zero attached hydrogens (tertiary/aromatic N) is 1. The predicted molar refractivity (Wildman–Crippen MR) is 131 cm³/mol. The number of carbonyl (C=O) groups excluding carboxylic acids is 2. The number of ketones is 1. The van der Waals surface area contributed by atoms with Crippen LogP contribution in [-0.2, 0) is 14.3 Å². The lowest BCUT2D eigenvalue weighted by atomic mass is 9.47. The Bertz CT molecular complexity index is 853. The van der Waals surface area contributed by atoms with Gasteiger partial charge in [0.1, 0.15) is 6.10 Å². The van der Waals surface area contributed by atoms with Gasteiger partial charge in [0.25, 0.3) is 0 Å². The lowest BCUT2D eigenvalue weighted by Gasteiger charge is -2.57. The first kappa shape index (κ1) is 23.3. The molecule has 0 aromatic heterocycles. The van der Waals surface area contributed by atoms with Crippen LogP contribution in [0.3, 0.4) is 0 Å². The number of hydrogen-bond donors (Lipinski definition) is 0. The third-order valence-corrected chi connectivity index (χ3v) is 10.4. The molecule has 0 aromatic rings. The molecule has 1 saturated heterocycles. The molecule has 0 bridgehead atoms. The van der Waals surface area contributed by atoms with E-state index in [1.807, 2.05) is 0 Å². The van der Waals surface area contributed by atoms with E-state index in [2.05, 4.69) is 30.9 Å². The summed E-state index contributed by atoms with van der Waals surface area (Å²) in [4.78, 5) is 27.3. The highest BCUT2D eigenvalue weighted by Crippen LogP contribution is 2.65. The minimum Gasteiger partial charge on any atom is -0.462 e. The molecule has 4 unspecified atom stereocenters. The topological polar surface area (TPSA) is 46.6 Å². The van der Waals surface area contributed by atoms with E-state index in [1.54, 1.807) is 12.5 Å². The Labute approximate surface area is 200 Å². The van der Waals surface area contributed by atoms with Crippen molar-refractivity contribution in [3.05, 3.63) is 23.3 Å². The maximum Gasteiger partial charge on any atom is 0.307 e. The standard InChI is InChI=1S/C29H43NO3/c1-20(31)24-9-10-25-23-8-7-21-19-22(33-27(32)13-18-30-16-5-4-6-17-30)11-14-28(21,2)26(23)12-15-29(24,25)3/h7,9,22-23,25-26H,4-6,8,10-19H2,1-3H3/t22?,23?,25?,26?,28-,29+/m0/s1. The average Bonchev–Trinajstić information content (AvgIpc) is 3.16. The van der Waals surface area contributed by atoms with Crippen molar-refractivity contribution in [2.75, 3.05) is 19.6 Å². The number of allylic oxidation sites excluding steroid dienone is 3. The van der Waals surface area contributed by atoms with Gasteiger partial charge in [-0.05, 0) is 106 Å². The first-order valence-electron chi connectivity index (χ1n) is 13.6. The van der Waals surface area contributed by atoms with Crippen LogP contribution < -0.4 is 0 Å². The molecule has 0 N–H and O–H groups in total. The van der Waals surface area contributed by atoms with Crippen LogP contribution in [0.25, 0.3) is 0 Å². The Morgan fingerprint density at radius 2 is 1.76 bits per heavy atom. The van der Waals surface area contributed by atoms with Crippen LogP contribution in [0.2, 0.25) is 0 Å². The minimum atomic E-state index is -0.00862. The van der Waals surface area contributed by atoms with Gasteiger partial charge in [0.05, 0.1) is 6.42 Å². The molecule has 1 aliphatic heterocycles. The van der Waals surface area contributed by atoms with Gasteiger partial charge >= 0.3 is 5.97 Å². The molecule has 0 radical (unpaired) electrons. The fourth-order valence-corrected chi connectivity index (χ4v) is 8.52. The molecule has 5 aliphatic rings. The average molecular weight is 454 g/mol. The summed E-state index contributed by atoms with van der Waals surface area (Å²) in [5, 5.41) is 0. The summed E-state index contributed by atoms with van der Waals surface area (Å²) in [6, 6.07) is 0. The maximum absolute atomic E-state index is 12.6. The predicted octanol–water partition coefficient (Wildman–Crippen LogP) is 5.86. The van der Waals surface area contributed by atoms with Crippen molar-refractivity contribution in [3.8, 4) is 0 Å². The smallest absolute Gasteiger partial charge is 0.307 e. The first-order valence-corrected chi connectivity index (χ1v) is 13.6. The second kappa shape index (κ2) is 8.98. The Morgan fingerprint density at radius 1 is 1.00 bits per heavy atom. The van der Waals surface area contributed by atoms with Crippen LogP contribution >= 0.6 is 0 Å². The van der Waals surface area contributed by atoms with Crippen LogP contribution in [0.5, 0.6) is 0 Å². The summed E-state index contributed by atoms with van der Waals surface area (Å²) in [5.41, 5.74) is 2.96. The third kappa shape index (κ3) is 4.15. The number of carbonyl (C=O) groups is 2. The molecule has 0 aromatic carbocycles. The highest BCUT2D eigenvalue weighted by atomic mass is 16.5. The molecular formula is C29H43NO3. The highest BCUT2D eigenvalue weighted by molar-refractivity contribution is 5.95. The fraction of sp³-hybridized carbons (Fsp3) is 0.793. The molecule has 1 heterocycles. The molecular weight excluding hydrogens is 410 g/mol. The fourth-order valence-electron chi connectivity index (χ4n) is 8.52. The lowest BCUT2D eigenvalue weighted by Crippen LogP contribution is -2.50. The molecule has 0 spiro atoms. The number of piperidine rings is 1. The van der Waals surface area contributed by atoms with Crippen molar-refractivity contribution in [1.29, 1.82) is 0 Å². The highest BCUT2D eigenvalue weighted by Gasteiger charge is 2.57. The number of ether oxygens (including phenoxy) is 1. The maximum atomic E-state index is 12.6.